The Bertz CT molecular complexity index is 360. The zero-order chi connectivity index (χ0) is 12.0. The smallest absolute Gasteiger partial charge is 0.319 e. The fraction of sp³-hybridized carbons (Fsp3) is 0.300. The number of anilines is 1. The molecule has 1 atom stereocenters. The van der Waals surface area contributed by atoms with Crippen molar-refractivity contribution in [2.24, 2.45) is 0 Å². The molecular formula is C10H13FN2O3. The lowest BCUT2D eigenvalue weighted by molar-refractivity contribution is 0.0965. The van der Waals surface area contributed by atoms with Gasteiger partial charge in [0, 0.05) is 6.54 Å². The van der Waals surface area contributed by atoms with E-state index in [2.05, 4.69) is 10.6 Å². The van der Waals surface area contributed by atoms with Crippen LogP contribution in [0.4, 0.5) is 14.9 Å². The van der Waals surface area contributed by atoms with Gasteiger partial charge < -0.3 is 20.8 Å². The summed E-state index contributed by atoms with van der Waals surface area (Å²) in [4.78, 5) is 11.2. The average molecular weight is 228 g/mol. The lowest BCUT2D eigenvalue weighted by Crippen LogP contribution is -2.36. The maximum Gasteiger partial charge on any atom is 0.319 e. The van der Waals surface area contributed by atoms with Crippen LogP contribution in [0.2, 0.25) is 0 Å². The third-order valence-corrected chi connectivity index (χ3v) is 1.83. The highest BCUT2D eigenvalue weighted by Crippen LogP contribution is 2.11. The Kier molecular flexibility index (Phi) is 4.68. The number of aliphatic hydroxyl groups is 2. The number of para-hydroxylation sites is 1. The molecule has 0 aliphatic heterocycles. The number of nitrogens with one attached hydrogen (secondary N) is 2. The first kappa shape index (κ1) is 12.4. The Balaban J connectivity index is 2.43. The standard InChI is InChI=1S/C10H13FN2O3/c11-8-3-1-2-4-9(8)13-10(16)12-5-7(15)6-14/h1-4,7,14-15H,5-6H2,(H2,12,13,16). The minimum atomic E-state index is -1.02. The number of carbonyl (C=O) groups excluding carboxylic acids is 1. The van der Waals surface area contributed by atoms with Gasteiger partial charge in [0.2, 0.25) is 0 Å². The normalized spacial score (nSPS) is 11.9. The van der Waals surface area contributed by atoms with Gasteiger partial charge in [-0.15, -0.1) is 0 Å². The van der Waals surface area contributed by atoms with Crippen molar-refractivity contribution in [3.8, 4) is 0 Å². The van der Waals surface area contributed by atoms with Gasteiger partial charge in [-0.1, -0.05) is 12.1 Å². The monoisotopic (exact) mass is 228 g/mol. The Labute approximate surface area is 91.9 Å². The van der Waals surface area contributed by atoms with Crippen LogP contribution in [0.1, 0.15) is 0 Å². The number of amides is 2. The minimum Gasteiger partial charge on any atom is -0.394 e. The van der Waals surface area contributed by atoms with Gasteiger partial charge in [-0.05, 0) is 12.1 Å². The molecule has 2 amide bonds. The molecule has 0 heterocycles. The van der Waals surface area contributed by atoms with E-state index in [0.717, 1.165) is 0 Å². The molecule has 5 nitrogen and oxygen atoms in total. The fourth-order valence-corrected chi connectivity index (χ4v) is 1.00. The second kappa shape index (κ2) is 6.04. The molecular weight excluding hydrogens is 215 g/mol. The zero-order valence-electron chi connectivity index (χ0n) is 8.48. The summed E-state index contributed by atoms with van der Waals surface area (Å²) in [5, 5.41) is 22.0. The van der Waals surface area contributed by atoms with Crippen LogP contribution in [0, 0.1) is 5.82 Å². The number of hydrogen-bond acceptors (Lipinski definition) is 3. The average Bonchev–Trinajstić information content (AvgIpc) is 2.29. The van der Waals surface area contributed by atoms with Crippen LogP contribution in [0.3, 0.4) is 0 Å². The van der Waals surface area contributed by atoms with Crippen molar-refractivity contribution in [2.45, 2.75) is 6.10 Å². The molecule has 0 fully saturated rings. The summed E-state index contributed by atoms with van der Waals surface area (Å²) >= 11 is 0. The Hall–Kier alpha value is -1.66. The molecule has 16 heavy (non-hydrogen) atoms. The molecule has 1 rings (SSSR count). The first-order chi connectivity index (χ1) is 7.63. The van der Waals surface area contributed by atoms with E-state index in [9.17, 15) is 9.18 Å². The summed E-state index contributed by atoms with van der Waals surface area (Å²) in [6, 6.07) is 5.09. The highest BCUT2D eigenvalue weighted by atomic mass is 19.1. The molecule has 1 aromatic carbocycles. The third kappa shape index (κ3) is 3.84. The molecule has 88 valence electrons. The van der Waals surface area contributed by atoms with Crippen molar-refractivity contribution < 1.29 is 19.4 Å². The van der Waals surface area contributed by atoms with E-state index < -0.39 is 24.6 Å². The molecule has 4 N–H and O–H groups in total. The topological polar surface area (TPSA) is 81.6 Å². The summed E-state index contributed by atoms with van der Waals surface area (Å²) < 4.78 is 13.1. The van der Waals surface area contributed by atoms with E-state index in [1.165, 1.54) is 18.2 Å². The van der Waals surface area contributed by atoms with Crippen LogP contribution >= 0.6 is 0 Å². The molecule has 0 aliphatic carbocycles. The predicted molar refractivity (Wildman–Crippen MR) is 56.5 cm³/mol. The second-order valence-electron chi connectivity index (χ2n) is 3.15. The molecule has 1 unspecified atom stereocenters. The summed E-state index contributed by atoms with van der Waals surface area (Å²) in [5.41, 5.74) is 0.0542. The van der Waals surface area contributed by atoms with Gasteiger partial charge in [0.1, 0.15) is 5.82 Å². The number of aliphatic hydroxyl groups excluding tert-OH is 2. The van der Waals surface area contributed by atoms with E-state index in [1.54, 1.807) is 6.07 Å². The van der Waals surface area contributed by atoms with Crippen LogP contribution in [-0.4, -0.2) is 35.5 Å². The molecule has 0 aromatic heterocycles. The summed E-state index contributed by atoms with van der Waals surface area (Å²) in [5.74, 6) is -0.541. The van der Waals surface area contributed by atoms with Gasteiger partial charge in [0.15, 0.2) is 0 Å². The lowest BCUT2D eigenvalue weighted by atomic mass is 10.3. The van der Waals surface area contributed by atoms with Crippen molar-refractivity contribution in [2.75, 3.05) is 18.5 Å². The van der Waals surface area contributed by atoms with Crippen LogP contribution in [0.25, 0.3) is 0 Å². The second-order valence-corrected chi connectivity index (χ2v) is 3.15. The quantitative estimate of drug-likeness (QED) is 0.598. The lowest BCUT2D eigenvalue weighted by Gasteiger charge is -2.10. The summed E-state index contributed by atoms with van der Waals surface area (Å²) in [7, 11) is 0. The number of benzene rings is 1. The molecule has 0 radical (unpaired) electrons. The van der Waals surface area contributed by atoms with Gasteiger partial charge in [-0.25, -0.2) is 9.18 Å². The molecule has 1 aromatic rings. The summed E-state index contributed by atoms with van der Waals surface area (Å²) in [6.07, 6.45) is -1.02. The zero-order valence-corrected chi connectivity index (χ0v) is 8.48. The van der Waals surface area contributed by atoms with E-state index in [4.69, 9.17) is 10.2 Å². The van der Waals surface area contributed by atoms with Crippen LogP contribution in [0.5, 0.6) is 0 Å². The SMILES string of the molecule is O=C(NCC(O)CO)Nc1ccccc1F. The number of hydrogen-bond donors (Lipinski definition) is 4. The first-order valence-corrected chi connectivity index (χ1v) is 4.71. The van der Waals surface area contributed by atoms with Crippen LogP contribution in [-0.2, 0) is 0 Å². The van der Waals surface area contributed by atoms with Crippen molar-refractivity contribution >= 4 is 11.7 Å². The third-order valence-electron chi connectivity index (χ3n) is 1.83. The van der Waals surface area contributed by atoms with Gasteiger partial charge in [-0.3, -0.25) is 0 Å². The molecule has 0 saturated heterocycles. The van der Waals surface area contributed by atoms with E-state index in [-0.39, 0.29) is 12.2 Å². The van der Waals surface area contributed by atoms with Crippen molar-refractivity contribution in [3.05, 3.63) is 30.1 Å². The highest BCUT2D eigenvalue weighted by molar-refractivity contribution is 5.89. The predicted octanol–water partition coefficient (Wildman–Crippen LogP) is 0.300. The Morgan fingerprint density at radius 1 is 1.44 bits per heavy atom. The minimum absolute atomic E-state index is 0.0542. The van der Waals surface area contributed by atoms with Crippen LogP contribution in [0.15, 0.2) is 24.3 Å². The maximum atomic E-state index is 13.1. The molecule has 0 spiro atoms. The Morgan fingerprint density at radius 3 is 2.75 bits per heavy atom. The van der Waals surface area contributed by atoms with Gasteiger partial charge in [0.05, 0.1) is 18.4 Å². The van der Waals surface area contributed by atoms with E-state index in [1.807, 2.05) is 0 Å². The van der Waals surface area contributed by atoms with Gasteiger partial charge in [-0.2, -0.15) is 0 Å². The van der Waals surface area contributed by atoms with Crippen LogP contribution < -0.4 is 10.6 Å². The number of halogens is 1. The molecule has 0 aliphatic rings. The van der Waals surface area contributed by atoms with Crippen molar-refractivity contribution in [3.63, 3.8) is 0 Å². The van der Waals surface area contributed by atoms with E-state index >= 15 is 0 Å². The molecule has 6 heteroatoms. The fourth-order valence-electron chi connectivity index (χ4n) is 1.00. The molecule has 0 saturated carbocycles. The molecule has 0 bridgehead atoms. The highest BCUT2D eigenvalue weighted by Gasteiger charge is 2.07. The number of urea groups is 1. The van der Waals surface area contributed by atoms with Crippen molar-refractivity contribution in [1.82, 2.24) is 5.32 Å². The maximum absolute atomic E-state index is 13.1. The number of carbonyl (C=O) groups is 1. The van der Waals surface area contributed by atoms with Gasteiger partial charge >= 0.3 is 6.03 Å². The first-order valence-electron chi connectivity index (χ1n) is 4.71. The number of rotatable bonds is 4. The Morgan fingerprint density at radius 2 is 2.12 bits per heavy atom. The largest absolute Gasteiger partial charge is 0.394 e. The summed E-state index contributed by atoms with van der Waals surface area (Å²) in [6.45, 7) is -0.545. The van der Waals surface area contributed by atoms with Gasteiger partial charge in [0.25, 0.3) is 0 Å². The van der Waals surface area contributed by atoms with E-state index in [0.29, 0.717) is 0 Å². The van der Waals surface area contributed by atoms with Crippen molar-refractivity contribution in [1.29, 1.82) is 0 Å².